The van der Waals surface area contributed by atoms with Crippen LogP contribution in [0.5, 0.6) is 0 Å². The number of hydrogen-bond donors (Lipinski definition) is 2. The van der Waals surface area contributed by atoms with Gasteiger partial charge in [-0.05, 0) is 56.5 Å². The van der Waals surface area contributed by atoms with Gasteiger partial charge in [0.1, 0.15) is 0 Å². The van der Waals surface area contributed by atoms with Gasteiger partial charge in [-0.15, -0.1) is 0 Å². The van der Waals surface area contributed by atoms with Crippen molar-refractivity contribution in [3.8, 4) is 0 Å². The van der Waals surface area contributed by atoms with Gasteiger partial charge in [-0.25, -0.2) is 4.79 Å². The fourth-order valence-corrected chi connectivity index (χ4v) is 4.59. The zero-order chi connectivity index (χ0) is 20.9. The van der Waals surface area contributed by atoms with Crippen LogP contribution in [-0.2, 0) is 6.42 Å². The van der Waals surface area contributed by atoms with Crippen molar-refractivity contribution in [3.05, 3.63) is 71.9 Å². The minimum atomic E-state index is 0.0650. The summed E-state index contributed by atoms with van der Waals surface area (Å²) in [5.41, 5.74) is 3.84. The minimum Gasteiger partial charge on any atom is -0.361 e. The number of rotatable bonds is 6. The molecule has 3 aromatic rings. The SMILES string of the molecule is CN(C)CC(Cc1ccccc1)NC(=O)N1CCC(c2c[nH]c3ccccc23)CC1. The molecule has 5 heteroatoms. The molecule has 0 aliphatic carbocycles. The maximum absolute atomic E-state index is 13.0. The maximum Gasteiger partial charge on any atom is 0.317 e. The Morgan fingerprint density at radius 1 is 1.10 bits per heavy atom. The van der Waals surface area contributed by atoms with Crippen molar-refractivity contribution in [1.82, 2.24) is 20.1 Å². The van der Waals surface area contributed by atoms with Crippen LogP contribution in [0.1, 0.15) is 29.9 Å². The summed E-state index contributed by atoms with van der Waals surface area (Å²) in [5.74, 6) is 0.507. The first kappa shape index (κ1) is 20.5. The molecule has 4 rings (SSSR count). The van der Waals surface area contributed by atoms with Crippen LogP contribution in [0.25, 0.3) is 10.9 Å². The van der Waals surface area contributed by atoms with Crippen molar-refractivity contribution in [1.29, 1.82) is 0 Å². The van der Waals surface area contributed by atoms with Crippen LogP contribution in [0.3, 0.4) is 0 Å². The lowest BCUT2D eigenvalue weighted by atomic mass is 9.89. The van der Waals surface area contributed by atoms with Gasteiger partial charge in [0.05, 0.1) is 0 Å². The van der Waals surface area contributed by atoms with Gasteiger partial charge in [0.15, 0.2) is 0 Å². The van der Waals surface area contributed by atoms with Crippen molar-refractivity contribution < 1.29 is 4.79 Å². The fraction of sp³-hybridized carbons (Fsp3) is 0.400. The molecule has 1 unspecified atom stereocenters. The summed E-state index contributed by atoms with van der Waals surface area (Å²) in [7, 11) is 4.10. The Hall–Kier alpha value is -2.79. The lowest BCUT2D eigenvalue weighted by Gasteiger charge is -2.33. The van der Waals surface area contributed by atoms with Crippen LogP contribution in [0, 0.1) is 0 Å². The molecule has 1 aromatic heterocycles. The standard InChI is InChI=1S/C25H32N4O/c1-28(2)18-21(16-19-8-4-3-5-9-19)27-25(30)29-14-12-20(13-15-29)23-17-26-24-11-7-6-10-22(23)24/h3-11,17,20-21,26H,12-16,18H2,1-2H3,(H,27,30). The number of para-hydroxylation sites is 1. The van der Waals surface area contributed by atoms with E-state index in [2.05, 4.69) is 84.0 Å². The van der Waals surface area contributed by atoms with E-state index in [4.69, 9.17) is 0 Å². The molecule has 0 spiro atoms. The van der Waals surface area contributed by atoms with E-state index in [1.165, 1.54) is 22.0 Å². The van der Waals surface area contributed by atoms with Crippen molar-refractivity contribution in [3.63, 3.8) is 0 Å². The second-order valence-corrected chi connectivity index (χ2v) is 8.65. The lowest BCUT2D eigenvalue weighted by Crippen LogP contribution is -2.50. The highest BCUT2D eigenvalue weighted by atomic mass is 16.2. The molecule has 2 amide bonds. The van der Waals surface area contributed by atoms with E-state index in [-0.39, 0.29) is 12.1 Å². The number of urea groups is 1. The Bertz CT molecular complexity index is 957. The van der Waals surface area contributed by atoms with E-state index >= 15 is 0 Å². The Morgan fingerprint density at radius 3 is 2.53 bits per heavy atom. The number of benzene rings is 2. The Balaban J connectivity index is 1.35. The number of aromatic amines is 1. The van der Waals surface area contributed by atoms with Crippen LogP contribution in [0.15, 0.2) is 60.8 Å². The zero-order valence-electron chi connectivity index (χ0n) is 18.0. The van der Waals surface area contributed by atoms with Gasteiger partial charge in [0, 0.05) is 42.8 Å². The molecule has 2 N–H and O–H groups in total. The van der Waals surface area contributed by atoms with Gasteiger partial charge >= 0.3 is 6.03 Å². The van der Waals surface area contributed by atoms with Gasteiger partial charge in [0.25, 0.3) is 0 Å². The van der Waals surface area contributed by atoms with Gasteiger partial charge in [-0.2, -0.15) is 0 Å². The second-order valence-electron chi connectivity index (χ2n) is 8.65. The highest BCUT2D eigenvalue weighted by Gasteiger charge is 2.26. The molecule has 2 heterocycles. The normalized spacial score (nSPS) is 16.2. The quantitative estimate of drug-likeness (QED) is 0.646. The third kappa shape index (κ3) is 4.85. The summed E-state index contributed by atoms with van der Waals surface area (Å²) >= 11 is 0. The van der Waals surface area contributed by atoms with Crippen LogP contribution < -0.4 is 5.32 Å². The molecule has 0 saturated carbocycles. The molecule has 2 aromatic carbocycles. The monoisotopic (exact) mass is 404 g/mol. The predicted molar refractivity (Wildman–Crippen MR) is 123 cm³/mol. The average molecular weight is 405 g/mol. The molecular weight excluding hydrogens is 372 g/mol. The second kappa shape index (κ2) is 9.35. The highest BCUT2D eigenvalue weighted by molar-refractivity contribution is 5.83. The Kier molecular flexibility index (Phi) is 6.38. The molecule has 5 nitrogen and oxygen atoms in total. The zero-order valence-corrected chi connectivity index (χ0v) is 18.0. The van der Waals surface area contributed by atoms with Crippen molar-refractivity contribution in [2.45, 2.75) is 31.2 Å². The number of likely N-dealkylation sites (N-methyl/N-ethyl adjacent to an activating group) is 1. The predicted octanol–water partition coefficient (Wildman–Crippen LogP) is 4.23. The van der Waals surface area contributed by atoms with Gasteiger partial charge in [0.2, 0.25) is 0 Å². The van der Waals surface area contributed by atoms with Gasteiger partial charge in [-0.3, -0.25) is 0 Å². The van der Waals surface area contributed by atoms with E-state index in [1.807, 2.05) is 11.0 Å². The smallest absolute Gasteiger partial charge is 0.317 e. The molecule has 1 fully saturated rings. The maximum atomic E-state index is 13.0. The van der Waals surface area contributed by atoms with E-state index in [0.717, 1.165) is 38.9 Å². The lowest BCUT2D eigenvalue weighted by molar-refractivity contribution is 0.175. The average Bonchev–Trinajstić information content (AvgIpc) is 3.18. The molecule has 30 heavy (non-hydrogen) atoms. The first-order valence-electron chi connectivity index (χ1n) is 10.9. The molecule has 158 valence electrons. The Labute approximate surface area is 179 Å². The number of carbonyl (C=O) groups is 1. The van der Waals surface area contributed by atoms with Crippen molar-refractivity contribution >= 4 is 16.9 Å². The molecule has 0 bridgehead atoms. The van der Waals surface area contributed by atoms with Crippen LogP contribution in [0.4, 0.5) is 4.79 Å². The van der Waals surface area contributed by atoms with Crippen LogP contribution in [0.2, 0.25) is 0 Å². The number of H-pyrrole nitrogens is 1. The molecule has 1 atom stereocenters. The summed E-state index contributed by atoms with van der Waals surface area (Å²) in [6.45, 7) is 2.43. The number of aromatic nitrogens is 1. The first-order valence-corrected chi connectivity index (χ1v) is 10.9. The third-order valence-electron chi connectivity index (χ3n) is 6.08. The van der Waals surface area contributed by atoms with Gasteiger partial charge in [-0.1, -0.05) is 48.5 Å². The number of nitrogens with one attached hydrogen (secondary N) is 2. The summed E-state index contributed by atoms with van der Waals surface area (Å²) in [6.07, 6.45) is 5.01. The summed E-state index contributed by atoms with van der Waals surface area (Å²) in [6, 6.07) is 19.0. The number of likely N-dealkylation sites (tertiary alicyclic amines) is 1. The topological polar surface area (TPSA) is 51.4 Å². The molecule has 1 saturated heterocycles. The fourth-order valence-electron chi connectivity index (χ4n) is 4.59. The number of nitrogens with zero attached hydrogens (tertiary/aromatic N) is 2. The number of amides is 2. The number of hydrogen-bond acceptors (Lipinski definition) is 2. The van der Waals surface area contributed by atoms with E-state index in [9.17, 15) is 4.79 Å². The van der Waals surface area contributed by atoms with Crippen molar-refractivity contribution in [2.75, 3.05) is 33.7 Å². The van der Waals surface area contributed by atoms with E-state index < -0.39 is 0 Å². The summed E-state index contributed by atoms with van der Waals surface area (Å²) in [5, 5.41) is 4.60. The van der Waals surface area contributed by atoms with Crippen LogP contribution >= 0.6 is 0 Å². The Morgan fingerprint density at radius 2 is 1.80 bits per heavy atom. The van der Waals surface area contributed by atoms with E-state index in [1.54, 1.807) is 0 Å². The summed E-state index contributed by atoms with van der Waals surface area (Å²) < 4.78 is 0. The van der Waals surface area contributed by atoms with Crippen molar-refractivity contribution in [2.24, 2.45) is 0 Å². The molecule has 0 radical (unpaired) electrons. The van der Waals surface area contributed by atoms with E-state index in [0.29, 0.717) is 5.92 Å². The minimum absolute atomic E-state index is 0.0650. The molecule has 1 aliphatic rings. The summed E-state index contributed by atoms with van der Waals surface area (Å²) in [4.78, 5) is 20.5. The first-order chi connectivity index (χ1) is 14.6. The number of fused-ring (bicyclic) bond motifs is 1. The number of carbonyl (C=O) groups excluding carboxylic acids is 1. The largest absolute Gasteiger partial charge is 0.361 e. The number of piperidine rings is 1. The molecule has 1 aliphatic heterocycles. The van der Waals surface area contributed by atoms with Gasteiger partial charge < -0.3 is 20.1 Å². The third-order valence-corrected chi connectivity index (χ3v) is 6.08. The van der Waals surface area contributed by atoms with Crippen LogP contribution in [-0.4, -0.2) is 60.6 Å². The molecular formula is C25H32N4O. The highest BCUT2D eigenvalue weighted by Crippen LogP contribution is 2.33.